The zero-order chi connectivity index (χ0) is 25.1. The van der Waals surface area contributed by atoms with Crippen LogP contribution in [0.4, 0.5) is 8.78 Å². The van der Waals surface area contributed by atoms with E-state index in [0.717, 1.165) is 22.4 Å². The molecule has 0 bridgehead atoms. The van der Waals surface area contributed by atoms with E-state index in [1.165, 1.54) is 12.1 Å². The highest BCUT2D eigenvalue weighted by atomic mass is 19.1. The molecule has 0 spiro atoms. The van der Waals surface area contributed by atoms with Crippen LogP contribution < -0.4 is 5.56 Å². The molecule has 9 nitrogen and oxygen atoms in total. The predicted molar refractivity (Wildman–Crippen MR) is 122 cm³/mol. The molecule has 0 radical (unpaired) electrons. The van der Waals surface area contributed by atoms with Gasteiger partial charge in [-0.25, -0.2) is 13.5 Å². The molecule has 0 aliphatic heterocycles. The third kappa shape index (κ3) is 5.40. The molecule has 0 unspecified atom stereocenters. The molecule has 0 saturated carbocycles. The Kier molecular flexibility index (Phi) is 6.97. The lowest BCUT2D eigenvalue weighted by atomic mass is 9.93. The second-order valence-electron chi connectivity index (χ2n) is 8.33. The number of fused-ring (bicyclic) bond motifs is 1. The highest BCUT2D eigenvalue weighted by molar-refractivity contribution is 5.76. The van der Waals surface area contributed by atoms with Gasteiger partial charge in [-0.2, -0.15) is 5.10 Å². The Hall–Kier alpha value is -3.99. The van der Waals surface area contributed by atoms with Crippen molar-refractivity contribution in [2.75, 3.05) is 0 Å². The van der Waals surface area contributed by atoms with Crippen molar-refractivity contribution in [2.45, 2.75) is 31.9 Å². The quantitative estimate of drug-likeness (QED) is 0.375. The van der Waals surface area contributed by atoms with E-state index in [9.17, 15) is 28.6 Å². The number of carboxylic acid groups (broad SMARTS) is 1. The van der Waals surface area contributed by atoms with Crippen LogP contribution in [0.5, 0.6) is 0 Å². The minimum absolute atomic E-state index is 0.00361. The van der Waals surface area contributed by atoms with E-state index in [4.69, 9.17) is 0 Å². The van der Waals surface area contributed by atoms with Gasteiger partial charge in [0, 0.05) is 25.4 Å². The molecule has 0 saturated heterocycles. The number of hydrogen-bond donors (Lipinski definition) is 2. The number of benzene rings is 2. The summed E-state index contributed by atoms with van der Waals surface area (Å²) in [6.07, 6.45) is 2.11. The largest absolute Gasteiger partial charge is 0.481 e. The average molecular weight is 483 g/mol. The number of aromatic nitrogens is 5. The maximum atomic E-state index is 14.6. The summed E-state index contributed by atoms with van der Waals surface area (Å²) in [5.41, 5.74) is 1.38. The van der Waals surface area contributed by atoms with E-state index in [1.54, 1.807) is 36.3 Å². The first-order chi connectivity index (χ1) is 16.7. The van der Waals surface area contributed by atoms with Crippen molar-refractivity contribution in [1.29, 1.82) is 0 Å². The maximum Gasteiger partial charge on any atom is 0.309 e. The van der Waals surface area contributed by atoms with E-state index in [0.29, 0.717) is 11.1 Å². The van der Waals surface area contributed by atoms with Gasteiger partial charge in [0.25, 0.3) is 5.56 Å². The molecule has 0 aliphatic rings. The Morgan fingerprint density at radius 1 is 1.11 bits per heavy atom. The molecule has 35 heavy (non-hydrogen) atoms. The summed E-state index contributed by atoms with van der Waals surface area (Å²) < 4.78 is 30.7. The summed E-state index contributed by atoms with van der Waals surface area (Å²) in [5.74, 6) is -3.54. The van der Waals surface area contributed by atoms with Gasteiger partial charge in [0.05, 0.1) is 23.6 Å². The van der Waals surface area contributed by atoms with Crippen LogP contribution in [0.25, 0.3) is 22.0 Å². The van der Waals surface area contributed by atoms with E-state index in [2.05, 4.69) is 15.4 Å². The van der Waals surface area contributed by atoms with Crippen molar-refractivity contribution in [3.05, 3.63) is 76.3 Å². The molecule has 0 amide bonds. The normalized spacial score (nSPS) is 13.1. The van der Waals surface area contributed by atoms with Crippen LogP contribution in [-0.2, 0) is 24.8 Å². The van der Waals surface area contributed by atoms with Crippen LogP contribution in [-0.4, -0.2) is 47.1 Å². The van der Waals surface area contributed by atoms with Crippen LogP contribution >= 0.6 is 0 Å². The number of nitrogens with zero attached hydrogens (tertiary/aromatic N) is 5. The minimum atomic E-state index is -1.29. The number of hydrogen-bond acceptors (Lipinski definition) is 6. The summed E-state index contributed by atoms with van der Waals surface area (Å²) in [6.45, 7) is -0.138. The Labute approximate surface area is 198 Å². The summed E-state index contributed by atoms with van der Waals surface area (Å²) in [5, 5.41) is 31.8. The smallest absolute Gasteiger partial charge is 0.309 e. The third-order valence-electron chi connectivity index (χ3n) is 5.92. The van der Waals surface area contributed by atoms with Crippen molar-refractivity contribution < 1.29 is 23.8 Å². The average Bonchev–Trinajstić information content (AvgIpc) is 3.26. The highest BCUT2D eigenvalue weighted by Gasteiger charge is 2.27. The fourth-order valence-electron chi connectivity index (χ4n) is 3.94. The molecular formula is C24H23F2N5O4. The van der Waals surface area contributed by atoms with Gasteiger partial charge in [0.1, 0.15) is 17.2 Å². The van der Waals surface area contributed by atoms with Crippen molar-refractivity contribution in [2.24, 2.45) is 13.0 Å². The van der Waals surface area contributed by atoms with Crippen LogP contribution in [0.3, 0.4) is 0 Å². The summed E-state index contributed by atoms with van der Waals surface area (Å²) in [7, 11) is 1.76. The van der Waals surface area contributed by atoms with Gasteiger partial charge in [-0.3, -0.25) is 14.3 Å². The Bertz CT molecular complexity index is 1440. The summed E-state index contributed by atoms with van der Waals surface area (Å²) in [6, 6.07) is 8.25. The number of carboxylic acids is 1. The van der Waals surface area contributed by atoms with Crippen LogP contribution in [0.15, 0.2) is 53.6 Å². The van der Waals surface area contributed by atoms with Crippen LogP contribution in [0, 0.1) is 17.6 Å². The maximum absolute atomic E-state index is 14.6. The lowest BCUT2D eigenvalue weighted by molar-refractivity contribution is -0.146. The molecule has 2 aromatic heterocycles. The fraction of sp³-hybridized carbons (Fsp3) is 0.292. The molecule has 2 aromatic carbocycles. The van der Waals surface area contributed by atoms with E-state index in [1.807, 2.05) is 0 Å². The van der Waals surface area contributed by atoms with E-state index < -0.39 is 35.2 Å². The molecule has 4 rings (SSSR count). The number of aliphatic carboxylic acids is 1. The number of carbonyl (C=O) groups is 1. The SMILES string of the molecule is Cn1cc(-c2ccc(CC[C@@H](O)[C@H](CCn3nnc4ccc(F)cc4c3=O)C(=O)O)c(F)c2)cn1. The van der Waals surface area contributed by atoms with Crippen LogP contribution in [0.2, 0.25) is 0 Å². The first kappa shape index (κ1) is 24.1. The molecular weight excluding hydrogens is 460 g/mol. The minimum Gasteiger partial charge on any atom is -0.481 e. The summed E-state index contributed by atoms with van der Waals surface area (Å²) in [4.78, 5) is 24.3. The molecule has 0 fully saturated rings. The van der Waals surface area contributed by atoms with E-state index in [-0.39, 0.29) is 36.7 Å². The standard InChI is InChI=1S/C24H23F2N5O4/c1-30-13-16(12-27-30)15-3-2-14(20(26)10-15)4-7-22(32)18(24(34)35)8-9-31-23(33)19-11-17(25)5-6-21(19)28-29-31/h2-3,5-6,10-13,18,22,32H,4,7-9H2,1H3,(H,34,35)/t18-,22+/m0/s1. The predicted octanol–water partition coefficient (Wildman–Crippen LogP) is 2.55. The van der Waals surface area contributed by atoms with Crippen molar-refractivity contribution in [1.82, 2.24) is 24.8 Å². The molecule has 2 atom stereocenters. The van der Waals surface area contributed by atoms with Gasteiger partial charge in [-0.15, -0.1) is 5.10 Å². The number of aryl methyl sites for hydroxylation is 3. The van der Waals surface area contributed by atoms with Crippen molar-refractivity contribution in [3.8, 4) is 11.1 Å². The molecule has 2 N–H and O–H groups in total. The monoisotopic (exact) mass is 483 g/mol. The molecule has 11 heteroatoms. The van der Waals surface area contributed by atoms with Crippen LogP contribution in [0.1, 0.15) is 18.4 Å². The number of halogens is 2. The zero-order valence-electron chi connectivity index (χ0n) is 18.8. The fourth-order valence-corrected chi connectivity index (χ4v) is 3.94. The third-order valence-corrected chi connectivity index (χ3v) is 5.92. The Morgan fingerprint density at radius 2 is 1.91 bits per heavy atom. The van der Waals surface area contributed by atoms with Gasteiger partial charge in [0.2, 0.25) is 0 Å². The zero-order valence-corrected chi connectivity index (χ0v) is 18.8. The number of aliphatic hydroxyl groups is 1. The van der Waals surface area contributed by atoms with Gasteiger partial charge in [0.15, 0.2) is 0 Å². The van der Waals surface area contributed by atoms with E-state index >= 15 is 0 Å². The number of rotatable bonds is 9. The van der Waals surface area contributed by atoms with Crippen molar-refractivity contribution >= 4 is 16.9 Å². The molecule has 4 aromatic rings. The number of aliphatic hydroxyl groups excluding tert-OH is 1. The topological polar surface area (TPSA) is 123 Å². The second kappa shape index (κ2) is 10.1. The van der Waals surface area contributed by atoms with Gasteiger partial charge in [-0.1, -0.05) is 17.3 Å². The summed E-state index contributed by atoms with van der Waals surface area (Å²) >= 11 is 0. The molecule has 182 valence electrons. The first-order valence-electron chi connectivity index (χ1n) is 10.9. The van der Waals surface area contributed by atoms with Gasteiger partial charge < -0.3 is 10.2 Å². The molecule has 0 aliphatic carbocycles. The second-order valence-corrected chi connectivity index (χ2v) is 8.33. The lowest BCUT2D eigenvalue weighted by Gasteiger charge is -2.19. The molecule has 2 heterocycles. The highest BCUT2D eigenvalue weighted by Crippen LogP contribution is 2.23. The lowest BCUT2D eigenvalue weighted by Crippen LogP contribution is -2.32. The first-order valence-corrected chi connectivity index (χ1v) is 10.9. The Balaban J connectivity index is 1.42. The van der Waals surface area contributed by atoms with Gasteiger partial charge >= 0.3 is 5.97 Å². The van der Waals surface area contributed by atoms with Crippen molar-refractivity contribution in [3.63, 3.8) is 0 Å². The Morgan fingerprint density at radius 3 is 2.60 bits per heavy atom. The van der Waals surface area contributed by atoms with Gasteiger partial charge in [-0.05, 0) is 54.7 Å².